The summed E-state index contributed by atoms with van der Waals surface area (Å²) in [4.78, 5) is 25.1. The van der Waals surface area contributed by atoms with E-state index in [4.69, 9.17) is 42.1 Å². The van der Waals surface area contributed by atoms with Crippen LogP contribution in [0, 0.1) is 0 Å². The largest absolute Gasteiger partial charge is 0.493 e. The number of nitrogens with one attached hydrogen (secondary N) is 1. The quantitative estimate of drug-likeness (QED) is 0.324. The van der Waals surface area contributed by atoms with E-state index >= 15 is 0 Å². The number of Topliss-reactive ketones (excluding diaryl/α,β-unsaturated/α-hetero) is 1. The fourth-order valence-electron chi connectivity index (χ4n) is 2.82. The van der Waals surface area contributed by atoms with Gasteiger partial charge in [0.05, 0.1) is 43.8 Å². The molecule has 1 atom stereocenters. The number of ketones is 1. The molecule has 11 heteroatoms. The fourth-order valence-corrected chi connectivity index (χ4v) is 3.31. The third kappa shape index (κ3) is 6.72. The molecule has 0 aromatic heterocycles. The topological polar surface area (TPSA) is 108 Å². The van der Waals surface area contributed by atoms with Crippen LogP contribution >= 0.6 is 23.2 Å². The van der Waals surface area contributed by atoms with E-state index in [1.165, 1.54) is 39.3 Å². The Hall–Kier alpha value is -3.04. The second-order valence-electron chi connectivity index (χ2n) is 6.53. The summed E-state index contributed by atoms with van der Waals surface area (Å²) in [5.41, 5.74) is 0.515. The maximum Gasteiger partial charge on any atom is 0.258 e. The summed E-state index contributed by atoms with van der Waals surface area (Å²) in [7, 11) is 2.89. The van der Waals surface area contributed by atoms with Crippen LogP contribution in [0.3, 0.4) is 0 Å². The lowest BCUT2D eigenvalue weighted by atomic mass is 10.2. The maximum absolute atomic E-state index is 12.9. The van der Waals surface area contributed by atoms with Crippen molar-refractivity contribution in [3.05, 3.63) is 34.3 Å². The van der Waals surface area contributed by atoms with Gasteiger partial charge in [-0.15, -0.1) is 0 Å². The molecule has 178 valence electrons. The van der Waals surface area contributed by atoms with Crippen molar-refractivity contribution in [2.45, 2.75) is 26.8 Å². The summed E-state index contributed by atoms with van der Waals surface area (Å²) in [5.74, 6) is 0.0717. The van der Waals surface area contributed by atoms with Gasteiger partial charge in [0.2, 0.25) is 6.04 Å². The highest BCUT2D eigenvalue weighted by Crippen LogP contribution is 2.40. The number of carbonyl (C=O) groups is 2. The van der Waals surface area contributed by atoms with Crippen molar-refractivity contribution in [2.75, 3.05) is 32.8 Å². The van der Waals surface area contributed by atoms with Gasteiger partial charge in [0.25, 0.3) is 5.91 Å². The summed E-state index contributed by atoms with van der Waals surface area (Å²) in [6, 6.07) is 4.63. The molecule has 2 rings (SSSR count). The average molecular weight is 498 g/mol. The van der Waals surface area contributed by atoms with E-state index in [-0.39, 0.29) is 16.4 Å². The molecule has 0 bridgehead atoms. The summed E-state index contributed by atoms with van der Waals surface area (Å²) in [6.45, 7) is 5.52. The summed E-state index contributed by atoms with van der Waals surface area (Å²) < 4.78 is 21.6. The predicted molar refractivity (Wildman–Crippen MR) is 126 cm³/mol. The zero-order chi connectivity index (χ0) is 24.5. The van der Waals surface area contributed by atoms with Gasteiger partial charge in [0, 0.05) is 17.2 Å². The van der Waals surface area contributed by atoms with Crippen molar-refractivity contribution in [1.29, 1.82) is 0 Å². The minimum atomic E-state index is -1.43. The fraction of sp³-hybridized carbons (Fsp3) is 0.364. The van der Waals surface area contributed by atoms with Gasteiger partial charge in [-0.25, -0.2) is 0 Å². The van der Waals surface area contributed by atoms with Crippen LogP contribution in [-0.4, -0.2) is 45.2 Å². The standard InChI is InChI=1S/C22H25Cl2N3O6/c1-6-32-18-9-13(23)8-16(21(18)33-7-2)25-22(29)19(12(3)28)27-26-14-10-15(24)20(31-5)17(11-14)30-4/h8-11,19H,6-7H2,1-5H3,(H,25,29). The normalized spacial score (nSPS) is 11.7. The monoisotopic (exact) mass is 497 g/mol. The van der Waals surface area contributed by atoms with Crippen molar-refractivity contribution in [2.24, 2.45) is 10.2 Å². The zero-order valence-corrected chi connectivity index (χ0v) is 20.4. The molecule has 9 nitrogen and oxygen atoms in total. The Bertz CT molecular complexity index is 1050. The van der Waals surface area contributed by atoms with Crippen LogP contribution in [0.15, 0.2) is 34.5 Å². The van der Waals surface area contributed by atoms with Crippen LogP contribution in [-0.2, 0) is 9.59 Å². The lowest BCUT2D eigenvalue weighted by Gasteiger charge is -2.17. The molecule has 0 aliphatic carbocycles. The number of methoxy groups -OCH3 is 2. The molecule has 1 N–H and O–H groups in total. The SMILES string of the molecule is CCOc1cc(Cl)cc(NC(=O)C(N=Nc2cc(Cl)c(OC)c(OC)c2)C(C)=O)c1OCC. The molecule has 0 aliphatic heterocycles. The highest BCUT2D eigenvalue weighted by molar-refractivity contribution is 6.32. The summed E-state index contributed by atoms with van der Waals surface area (Å²) in [6.07, 6.45) is 0. The summed E-state index contributed by atoms with van der Waals surface area (Å²) in [5, 5.41) is 11.1. The smallest absolute Gasteiger partial charge is 0.258 e. The van der Waals surface area contributed by atoms with Gasteiger partial charge in [-0.3, -0.25) is 9.59 Å². The van der Waals surface area contributed by atoms with Crippen molar-refractivity contribution in [1.82, 2.24) is 0 Å². The molecule has 0 saturated heterocycles. The first-order valence-electron chi connectivity index (χ1n) is 9.98. The number of benzene rings is 2. The van der Waals surface area contributed by atoms with Gasteiger partial charge in [-0.2, -0.15) is 10.2 Å². The van der Waals surface area contributed by atoms with Crippen molar-refractivity contribution < 1.29 is 28.5 Å². The Labute approximate surface area is 202 Å². The molecule has 1 unspecified atom stereocenters. The van der Waals surface area contributed by atoms with Gasteiger partial charge < -0.3 is 24.3 Å². The van der Waals surface area contributed by atoms with E-state index in [0.717, 1.165) is 0 Å². The second kappa shape index (κ2) is 12.3. The zero-order valence-electron chi connectivity index (χ0n) is 18.9. The highest BCUT2D eigenvalue weighted by Gasteiger charge is 2.25. The highest BCUT2D eigenvalue weighted by atomic mass is 35.5. The van der Waals surface area contributed by atoms with E-state index < -0.39 is 17.7 Å². The number of anilines is 1. The van der Waals surface area contributed by atoms with Crippen molar-refractivity contribution >= 4 is 46.3 Å². The first-order valence-corrected chi connectivity index (χ1v) is 10.7. The van der Waals surface area contributed by atoms with Crippen LogP contribution in [0.5, 0.6) is 23.0 Å². The number of nitrogens with zero attached hydrogens (tertiary/aromatic N) is 2. The van der Waals surface area contributed by atoms with Gasteiger partial charge in [0.15, 0.2) is 28.8 Å². The second-order valence-corrected chi connectivity index (χ2v) is 7.37. The number of amides is 1. The Morgan fingerprint density at radius 3 is 2.24 bits per heavy atom. The first-order chi connectivity index (χ1) is 15.7. The molecule has 1 amide bonds. The number of rotatable bonds is 11. The predicted octanol–water partition coefficient (Wildman–Crippen LogP) is 5.49. The number of hydrogen-bond acceptors (Lipinski definition) is 8. The van der Waals surface area contributed by atoms with E-state index in [1.54, 1.807) is 13.0 Å². The molecule has 0 fully saturated rings. The molecule has 33 heavy (non-hydrogen) atoms. The van der Waals surface area contributed by atoms with Gasteiger partial charge in [0.1, 0.15) is 0 Å². The average Bonchev–Trinajstić information content (AvgIpc) is 2.75. The number of ether oxygens (including phenoxy) is 4. The molecule has 0 radical (unpaired) electrons. The number of halogens is 2. The Kier molecular flexibility index (Phi) is 9.74. The minimum absolute atomic E-state index is 0.235. The minimum Gasteiger partial charge on any atom is -0.493 e. The van der Waals surface area contributed by atoms with Crippen LogP contribution in [0.25, 0.3) is 0 Å². The van der Waals surface area contributed by atoms with E-state index in [1.807, 2.05) is 6.92 Å². The van der Waals surface area contributed by atoms with Crippen LogP contribution in [0.2, 0.25) is 10.0 Å². The maximum atomic E-state index is 12.9. The lowest BCUT2D eigenvalue weighted by Crippen LogP contribution is -2.32. The first kappa shape index (κ1) is 26.2. The molecule has 0 saturated carbocycles. The van der Waals surface area contributed by atoms with E-state index in [2.05, 4.69) is 15.5 Å². The van der Waals surface area contributed by atoms with Crippen molar-refractivity contribution in [3.8, 4) is 23.0 Å². The van der Waals surface area contributed by atoms with Gasteiger partial charge >= 0.3 is 0 Å². The van der Waals surface area contributed by atoms with Crippen LogP contribution in [0.1, 0.15) is 20.8 Å². The van der Waals surface area contributed by atoms with Crippen LogP contribution in [0.4, 0.5) is 11.4 Å². The van der Waals surface area contributed by atoms with Gasteiger partial charge in [-0.05, 0) is 32.9 Å². The molecule has 2 aromatic rings. The number of hydrogen-bond donors (Lipinski definition) is 1. The number of carbonyl (C=O) groups excluding carboxylic acids is 2. The van der Waals surface area contributed by atoms with Crippen LogP contribution < -0.4 is 24.3 Å². The van der Waals surface area contributed by atoms with Gasteiger partial charge in [-0.1, -0.05) is 23.2 Å². The lowest BCUT2D eigenvalue weighted by molar-refractivity contribution is -0.126. The Balaban J connectivity index is 2.36. The Morgan fingerprint density at radius 1 is 0.970 bits per heavy atom. The third-order valence-corrected chi connectivity index (χ3v) is 4.71. The summed E-state index contributed by atoms with van der Waals surface area (Å²) >= 11 is 12.3. The number of azo groups is 1. The molecule has 0 spiro atoms. The molecule has 0 heterocycles. The molecule has 0 aliphatic rings. The van der Waals surface area contributed by atoms with E-state index in [0.29, 0.717) is 41.2 Å². The molecular weight excluding hydrogens is 473 g/mol. The third-order valence-electron chi connectivity index (χ3n) is 4.21. The Morgan fingerprint density at radius 2 is 1.67 bits per heavy atom. The molecule has 2 aromatic carbocycles. The van der Waals surface area contributed by atoms with Crippen molar-refractivity contribution in [3.63, 3.8) is 0 Å². The van der Waals surface area contributed by atoms with E-state index in [9.17, 15) is 9.59 Å². The molecular formula is C22H25Cl2N3O6.